The molecule has 516 valence electrons. The molecule has 8 fully saturated rings. The molecule has 0 amide bonds. The second kappa shape index (κ2) is 25.5. The van der Waals surface area contributed by atoms with Crippen LogP contribution in [-0.4, -0.2) is 150 Å². The average molecular weight is 1340 g/mol. The standard InChI is InChI=1S/C77H102N2O14S2/c1-4-89-63(84)23-19-50-37-51-26-34-90-65(51)67-66(50)92-69-77(88)64-53(18-21-59(82)56(64)42-80)40-75(87,68(77)85)76(93-69)45-94-95-74(61(79-33-35-91-67)22-14-46(2)10-9-13-62(76)83)44-71(27-7-8-28-71)73(39-52-17-20-58(78-3)55(52)41-73)60(74)25-30-72(86)32-31-70(43-72)29-24-54(81)38-57(70)49-16-15-47-11-5-6-12-48(47)36-49/h5-6,11-12,15-16,18,21,24,26,29,34,36-38,46,52-53,55-62,64,68-69,78-83,85-88H,4,7-10,13-14,17,19-20,22-23,25,27-28,30-33,35,39-45H2,1-3H3/t46-,52-,53-,55-,56+,57+,58-,59+,60+,61-,62-,64-,68-,69+,70-,72+,73-,74-,75-,76+,77+/m0/s1. The Labute approximate surface area is 567 Å². The lowest BCUT2D eigenvalue weighted by Gasteiger charge is -2.67. The van der Waals surface area contributed by atoms with Crippen molar-refractivity contribution in [1.82, 2.24) is 10.6 Å². The van der Waals surface area contributed by atoms with Crippen molar-refractivity contribution in [3.05, 3.63) is 108 Å². The number of hydrogen-bond acceptors (Lipinski definition) is 18. The highest BCUT2D eigenvalue weighted by atomic mass is 33.1. The Morgan fingerprint density at radius 2 is 1.71 bits per heavy atom. The Kier molecular flexibility index (Phi) is 17.9. The number of fused-ring (bicyclic) bond motifs is 14. The zero-order chi connectivity index (χ0) is 65.9. The maximum absolute atomic E-state index is 14.2. The maximum Gasteiger partial charge on any atom is 0.306 e. The molecule has 15 rings (SSSR count). The minimum atomic E-state index is -2.53. The highest BCUT2D eigenvalue weighted by Crippen LogP contribution is 2.80. The summed E-state index contributed by atoms with van der Waals surface area (Å²) in [6.07, 6.45) is 21.1. The van der Waals surface area contributed by atoms with Crippen LogP contribution in [0, 0.1) is 57.7 Å². The number of aliphatic hydroxyl groups excluding tert-OH is 5. The number of carbonyl (C=O) groups excluding carboxylic acids is 1. The average Bonchev–Trinajstić information content (AvgIpc) is 1.58. The number of aliphatic hydroxyl groups is 8. The summed E-state index contributed by atoms with van der Waals surface area (Å²) in [5, 5.41) is 114. The Morgan fingerprint density at radius 3 is 2.52 bits per heavy atom. The number of benzene rings is 3. The van der Waals surface area contributed by atoms with E-state index in [0.717, 1.165) is 99.8 Å². The van der Waals surface area contributed by atoms with Crippen molar-refractivity contribution in [1.29, 1.82) is 0 Å². The first-order chi connectivity index (χ1) is 45.8. The van der Waals surface area contributed by atoms with E-state index in [9.17, 15) is 45.6 Å². The second-order valence-corrected chi connectivity index (χ2v) is 34.4. The van der Waals surface area contributed by atoms with Gasteiger partial charge in [-0.2, -0.15) is 0 Å². The van der Waals surface area contributed by atoms with Gasteiger partial charge in [-0.1, -0.05) is 115 Å². The number of esters is 1. The first-order valence-electron chi connectivity index (χ1n) is 36.3. The summed E-state index contributed by atoms with van der Waals surface area (Å²) in [5.41, 5.74) is -6.46. The highest BCUT2D eigenvalue weighted by molar-refractivity contribution is 8.77. The third kappa shape index (κ3) is 10.8. The SMILES string of the molecule is CCOC(=O)CCc1cc2ccoc2c2c1O[C@@H]1O[C@@]3(CSS[C@]4(CC5(CCCC5)[C@]5(C[C@@H]6CC[C@H](NC)[C@H]6C5)[C@H]4CC[C@@]4(O)CC[C@@]5(C=CC(O)=C[C@@H]5c5ccc6ccccc6c5)C4)[C@H](CC[C@@H](C)CCC[C@@H]3O)NCCO2)[C@]2(O)C[C@@H]3C=C[C@@H](O)[C@@H](CO)[C@H]3[C@@]1(O)[C@H]2O. The number of allylic oxidation sites excluding steroid dienone is 4. The molecule has 5 spiro atoms. The summed E-state index contributed by atoms with van der Waals surface area (Å²) in [4.78, 5) is 13.3. The van der Waals surface area contributed by atoms with Gasteiger partial charge in [0, 0.05) is 70.7 Å². The number of rotatable bonds is 10. The van der Waals surface area contributed by atoms with Crippen molar-refractivity contribution in [2.24, 2.45) is 57.7 Å². The van der Waals surface area contributed by atoms with Crippen molar-refractivity contribution in [3.8, 4) is 11.5 Å². The number of ether oxygens (including phenoxy) is 4. The van der Waals surface area contributed by atoms with Crippen LogP contribution in [0.5, 0.6) is 11.5 Å². The normalized spacial score (nSPS) is 42.9. The van der Waals surface area contributed by atoms with Gasteiger partial charge in [-0.3, -0.25) is 4.79 Å². The molecule has 6 saturated carbocycles. The molecule has 3 aliphatic heterocycles. The minimum absolute atomic E-state index is 0.0203. The van der Waals surface area contributed by atoms with Crippen LogP contribution in [0.2, 0.25) is 0 Å². The Balaban J connectivity index is 0.887. The lowest BCUT2D eigenvalue weighted by molar-refractivity contribution is -0.424. The van der Waals surface area contributed by atoms with E-state index in [-0.39, 0.29) is 96.5 Å². The van der Waals surface area contributed by atoms with Gasteiger partial charge in [0.15, 0.2) is 16.9 Å². The Bertz CT molecular complexity index is 3590. The molecule has 21 atom stereocenters. The lowest BCUT2D eigenvalue weighted by atomic mass is 9.50. The maximum atomic E-state index is 14.2. The van der Waals surface area contributed by atoms with Crippen LogP contribution in [0.15, 0.2) is 101 Å². The molecule has 16 nitrogen and oxygen atoms in total. The van der Waals surface area contributed by atoms with Gasteiger partial charge in [0.25, 0.3) is 0 Å². The lowest BCUT2D eigenvalue weighted by Crippen LogP contribution is -2.86. The van der Waals surface area contributed by atoms with Crippen LogP contribution >= 0.6 is 21.6 Å². The van der Waals surface area contributed by atoms with E-state index in [2.05, 4.69) is 73.1 Å². The van der Waals surface area contributed by atoms with E-state index in [1.54, 1.807) is 36.1 Å². The Hall–Kier alpha value is -4.15. The molecule has 10 N–H and O–H groups in total. The molecule has 18 heteroatoms. The number of furan rings is 1. The molecule has 0 unspecified atom stereocenters. The molecule has 4 heterocycles. The molecule has 4 aromatic rings. The van der Waals surface area contributed by atoms with Gasteiger partial charge in [-0.05, 0) is 210 Å². The van der Waals surface area contributed by atoms with Crippen LogP contribution < -0.4 is 20.1 Å². The molecule has 95 heavy (non-hydrogen) atoms. The van der Waals surface area contributed by atoms with Gasteiger partial charge in [-0.15, -0.1) is 0 Å². The zero-order valence-corrected chi connectivity index (χ0v) is 57.3. The summed E-state index contributed by atoms with van der Waals surface area (Å²) in [7, 11) is 5.64. The molecule has 2 saturated heterocycles. The van der Waals surface area contributed by atoms with Gasteiger partial charge in [0.1, 0.15) is 29.7 Å². The van der Waals surface area contributed by atoms with Crippen molar-refractivity contribution < 1.29 is 69.0 Å². The van der Waals surface area contributed by atoms with E-state index in [1.807, 2.05) is 35.1 Å². The monoisotopic (exact) mass is 1340 g/mol. The van der Waals surface area contributed by atoms with Crippen molar-refractivity contribution >= 4 is 49.3 Å². The van der Waals surface area contributed by atoms with Crippen LogP contribution in [0.25, 0.3) is 21.7 Å². The second-order valence-electron chi connectivity index (χ2n) is 31.8. The number of nitrogens with one attached hydrogen (secondary N) is 2. The van der Waals surface area contributed by atoms with Gasteiger partial charge in [0.2, 0.25) is 12.0 Å². The van der Waals surface area contributed by atoms with Gasteiger partial charge < -0.3 is 74.9 Å². The number of carbonyl (C=O) groups is 1. The molecular weight excluding hydrogens is 1240 g/mol. The molecule has 1 aromatic heterocycles. The third-order valence-corrected chi connectivity index (χ3v) is 30.5. The molecular formula is C77H102N2O14S2. The largest absolute Gasteiger partial charge is 0.508 e. The number of aryl methyl sites for hydroxylation is 1. The molecule has 11 aliphatic rings. The van der Waals surface area contributed by atoms with Crippen molar-refractivity contribution in [2.75, 3.05) is 39.2 Å². The van der Waals surface area contributed by atoms with E-state index in [4.69, 9.17) is 23.4 Å². The quantitative estimate of drug-likeness (QED) is 0.0402. The van der Waals surface area contributed by atoms with Gasteiger partial charge in [-0.25, -0.2) is 0 Å². The summed E-state index contributed by atoms with van der Waals surface area (Å²) in [6.45, 7) is 4.26. The van der Waals surface area contributed by atoms with Crippen LogP contribution in [0.4, 0.5) is 0 Å². The van der Waals surface area contributed by atoms with E-state index in [1.165, 1.54) is 6.42 Å². The van der Waals surface area contributed by atoms with Crippen LogP contribution in [0.1, 0.15) is 166 Å². The third-order valence-electron chi connectivity index (χ3n) is 27.2. The first kappa shape index (κ1) is 66.7. The van der Waals surface area contributed by atoms with Gasteiger partial charge >= 0.3 is 5.97 Å². The Morgan fingerprint density at radius 1 is 0.874 bits per heavy atom. The summed E-state index contributed by atoms with van der Waals surface area (Å²) < 4.78 is 33.2. The summed E-state index contributed by atoms with van der Waals surface area (Å²) in [6, 6.07) is 19.1. The molecule has 0 radical (unpaired) electrons. The molecule has 3 aromatic carbocycles. The topological polar surface area (TPSA) is 253 Å². The summed E-state index contributed by atoms with van der Waals surface area (Å²) in [5.74, 6) is -1.54. The van der Waals surface area contributed by atoms with Crippen LogP contribution in [0.3, 0.4) is 0 Å². The van der Waals surface area contributed by atoms with E-state index < -0.39 is 87.5 Å². The minimum Gasteiger partial charge on any atom is -0.508 e. The molecule has 8 aliphatic carbocycles. The smallest absolute Gasteiger partial charge is 0.306 e. The first-order valence-corrected chi connectivity index (χ1v) is 38.6. The van der Waals surface area contributed by atoms with Crippen LogP contribution in [-0.2, 0) is 20.7 Å². The van der Waals surface area contributed by atoms with Crippen molar-refractivity contribution in [3.63, 3.8) is 0 Å². The fraction of sp³-hybridized carbons (Fsp3) is 0.675. The fourth-order valence-electron chi connectivity index (χ4n) is 22.8. The zero-order valence-electron chi connectivity index (χ0n) is 55.7. The number of hydrogen-bond donors (Lipinski definition) is 10. The molecule has 5 bridgehead atoms. The van der Waals surface area contributed by atoms with E-state index >= 15 is 0 Å². The predicted molar refractivity (Wildman–Crippen MR) is 368 cm³/mol. The fourth-order valence-corrected chi connectivity index (χ4v) is 27.1. The highest BCUT2D eigenvalue weighted by Gasteiger charge is 2.79. The summed E-state index contributed by atoms with van der Waals surface area (Å²) >= 11 is 0. The predicted octanol–water partition coefficient (Wildman–Crippen LogP) is 11.4. The van der Waals surface area contributed by atoms with Crippen molar-refractivity contribution in [2.45, 2.75) is 225 Å². The van der Waals surface area contributed by atoms with E-state index in [0.29, 0.717) is 66.6 Å². The van der Waals surface area contributed by atoms with Gasteiger partial charge in [0.05, 0.1) is 30.7 Å².